The van der Waals surface area contributed by atoms with Crippen LogP contribution in [-0.2, 0) is 17.9 Å². The molecule has 3 nitrogen and oxygen atoms in total. The predicted molar refractivity (Wildman–Crippen MR) is 82.6 cm³/mol. The van der Waals surface area contributed by atoms with Crippen molar-refractivity contribution < 1.29 is 9.84 Å². The van der Waals surface area contributed by atoms with E-state index in [1.807, 2.05) is 24.3 Å². The van der Waals surface area contributed by atoms with E-state index in [-0.39, 0.29) is 15.8 Å². The van der Waals surface area contributed by atoms with Gasteiger partial charge in [0.05, 0.1) is 16.7 Å². The van der Waals surface area contributed by atoms with Gasteiger partial charge in [-0.2, -0.15) is 0 Å². The van der Waals surface area contributed by atoms with Gasteiger partial charge >= 0.3 is 0 Å². The third kappa shape index (κ3) is 3.57. The van der Waals surface area contributed by atoms with Gasteiger partial charge in [0.15, 0.2) is 5.75 Å². The van der Waals surface area contributed by atoms with Gasteiger partial charge in [0.2, 0.25) is 0 Å². The third-order valence-corrected chi connectivity index (χ3v) is 3.49. The molecule has 106 valence electrons. The van der Waals surface area contributed by atoms with E-state index < -0.39 is 0 Å². The second-order valence-electron chi connectivity index (χ2n) is 4.34. The summed E-state index contributed by atoms with van der Waals surface area (Å²) in [7, 11) is 1.67. The van der Waals surface area contributed by atoms with Crippen LogP contribution in [-0.4, -0.2) is 12.2 Å². The largest absolute Gasteiger partial charge is 0.505 e. The molecule has 0 heterocycles. The van der Waals surface area contributed by atoms with Gasteiger partial charge < -0.3 is 15.2 Å². The number of phenolic OH excluding ortho intramolecular Hbond substituents is 1. The van der Waals surface area contributed by atoms with E-state index >= 15 is 0 Å². The minimum absolute atomic E-state index is 0.0985. The molecule has 2 rings (SSSR count). The Morgan fingerprint density at radius 1 is 1.10 bits per heavy atom. The zero-order valence-electron chi connectivity index (χ0n) is 11.0. The first-order valence-electron chi connectivity index (χ1n) is 6.09. The normalized spacial score (nSPS) is 10.6. The third-order valence-electron chi connectivity index (χ3n) is 2.92. The standard InChI is InChI=1S/C15H15Cl2NO2/c1-20-9-11-5-3-2-4-10(11)8-18-12-6-13(16)15(19)14(17)7-12/h2-7,18-19H,8-9H2,1H3. The van der Waals surface area contributed by atoms with Gasteiger partial charge in [-0.25, -0.2) is 0 Å². The molecule has 2 N–H and O–H groups in total. The highest BCUT2D eigenvalue weighted by atomic mass is 35.5. The molecule has 0 saturated carbocycles. The number of benzene rings is 2. The summed E-state index contributed by atoms with van der Waals surface area (Å²) in [4.78, 5) is 0. The number of rotatable bonds is 5. The average molecular weight is 312 g/mol. The highest BCUT2D eigenvalue weighted by Crippen LogP contribution is 2.34. The number of phenols is 1. The molecule has 2 aromatic carbocycles. The first-order valence-corrected chi connectivity index (χ1v) is 6.85. The zero-order chi connectivity index (χ0) is 14.5. The SMILES string of the molecule is COCc1ccccc1CNc1cc(Cl)c(O)c(Cl)c1. The van der Waals surface area contributed by atoms with Crippen molar-refractivity contribution in [2.75, 3.05) is 12.4 Å². The van der Waals surface area contributed by atoms with E-state index in [1.54, 1.807) is 19.2 Å². The lowest BCUT2D eigenvalue weighted by molar-refractivity contribution is 0.184. The van der Waals surface area contributed by atoms with E-state index in [0.29, 0.717) is 13.2 Å². The second-order valence-corrected chi connectivity index (χ2v) is 5.16. The Bertz CT molecular complexity index is 579. The maximum Gasteiger partial charge on any atom is 0.152 e. The molecule has 0 unspecified atom stereocenters. The second kappa shape index (κ2) is 6.84. The fraction of sp³-hybridized carbons (Fsp3) is 0.200. The summed E-state index contributed by atoms with van der Waals surface area (Å²) in [6.07, 6.45) is 0. The summed E-state index contributed by atoms with van der Waals surface area (Å²) < 4.78 is 5.17. The van der Waals surface area contributed by atoms with Gasteiger partial charge in [0, 0.05) is 19.3 Å². The number of hydrogen-bond acceptors (Lipinski definition) is 3. The van der Waals surface area contributed by atoms with E-state index in [4.69, 9.17) is 27.9 Å². The van der Waals surface area contributed by atoms with Crippen LogP contribution in [0, 0.1) is 0 Å². The molecule has 0 fully saturated rings. The van der Waals surface area contributed by atoms with Crippen molar-refractivity contribution in [3.63, 3.8) is 0 Å². The van der Waals surface area contributed by atoms with Gasteiger partial charge in [0.1, 0.15) is 0 Å². The van der Waals surface area contributed by atoms with Crippen molar-refractivity contribution in [1.29, 1.82) is 0 Å². The Hall–Kier alpha value is -1.42. The molecule has 20 heavy (non-hydrogen) atoms. The number of methoxy groups -OCH3 is 1. The van der Waals surface area contributed by atoms with Crippen LogP contribution in [0.25, 0.3) is 0 Å². The molecule has 0 atom stereocenters. The number of hydrogen-bond donors (Lipinski definition) is 2. The maximum absolute atomic E-state index is 9.52. The molecular formula is C15H15Cl2NO2. The van der Waals surface area contributed by atoms with Crippen LogP contribution >= 0.6 is 23.2 Å². The van der Waals surface area contributed by atoms with Crippen LogP contribution in [0.5, 0.6) is 5.75 Å². The quantitative estimate of drug-likeness (QED) is 0.801. The van der Waals surface area contributed by atoms with Gasteiger partial charge in [0.25, 0.3) is 0 Å². The molecule has 0 saturated heterocycles. The Balaban J connectivity index is 2.13. The van der Waals surface area contributed by atoms with E-state index in [1.165, 1.54) is 0 Å². The van der Waals surface area contributed by atoms with Crippen LogP contribution in [0.15, 0.2) is 36.4 Å². The molecule has 5 heteroatoms. The number of anilines is 1. The van der Waals surface area contributed by atoms with Crippen molar-refractivity contribution in [3.05, 3.63) is 57.6 Å². The monoisotopic (exact) mass is 311 g/mol. The number of nitrogens with one attached hydrogen (secondary N) is 1. The first kappa shape index (κ1) is 15.0. The fourth-order valence-electron chi connectivity index (χ4n) is 1.89. The average Bonchev–Trinajstić information content (AvgIpc) is 2.44. The Morgan fingerprint density at radius 3 is 2.30 bits per heavy atom. The zero-order valence-corrected chi connectivity index (χ0v) is 12.5. The lowest BCUT2D eigenvalue weighted by Gasteiger charge is -2.12. The minimum atomic E-state index is -0.0985. The Labute approximate surface area is 128 Å². The topological polar surface area (TPSA) is 41.5 Å². The Kier molecular flexibility index (Phi) is 5.12. The molecule has 0 amide bonds. The minimum Gasteiger partial charge on any atom is -0.505 e. The molecule has 0 aliphatic heterocycles. The lowest BCUT2D eigenvalue weighted by atomic mass is 10.1. The van der Waals surface area contributed by atoms with Gasteiger partial charge in [-0.05, 0) is 23.3 Å². The summed E-state index contributed by atoms with van der Waals surface area (Å²) >= 11 is 11.8. The molecule has 2 aromatic rings. The van der Waals surface area contributed by atoms with Crippen LogP contribution in [0.2, 0.25) is 10.0 Å². The highest BCUT2D eigenvalue weighted by Gasteiger charge is 2.07. The lowest BCUT2D eigenvalue weighted by Crippen LogP contribution is -2.03. The summed E-state index contributed by atoms with van der Waals surface area (Å²) in [5.41, 5.74) is 3.01. The van der Waals surface area contributed by atoms with Gasteiger partial charge in [-0.15, -0.1) is 0 Å². The molecule has 0 aromatic heterocycles. The van der Waals surface area contributed by atoms with Crippen LogP contribution in [0.1, 0.15) is 11.1 Å². The van der Waals surface area contributed by atoms with Gasteiger partial charge in [-0.3, -0.25) is 0 Å². The Morgan fingerprint density at radius 2 is 1.70 bits per heavy atom. The van der Waals surface area contributed by atoms with Crippen LogP contribution in [0.4, 0.5) is 5.69 Å². The summed E-state index contributed by atoms with van der Waals surface area (Å²) in [6.45, 7) is 1.19. The summed E-state index contributed by atoms with van der Waals surface area (Å²) in [6, 6.07) is 11.3. The van der Waals surface area contributed by atoms with Crippen molar-refractivity contribution in [2.45, 2.75) is 13.2 Å². The van der Waals surface area contributed by atoms with Crippen LogP contribution in [0.3, 0.4) is 0 Å². The molecule has 0 bridgehead atoms. The number of halogens is 2. The van der Waals surface area contributed by atoms with Crippen molar-refractivity contribution in [2.24, 2.45) is 0 Å². The summed E-state index contributed by atoms with van der Waals surface area (Å²) in [5, 5.41) is 13.2. The first-order chi connectivity index (χ1) is 9.61. The number of aromatic hydroxyl groups is 1. The van der Waals surface area contributed by atoms with Crippen molar-refractivity contribution in [3.8, 4) is 5.75 Å². The van der Waals surface area contributed by atoms with E-state index in [0.717, 1.165) is 16.8 Å². The van der Waals surface area contributed by atoms with Crippen molar-refractivity contribution >= 4 is 28.9 Å². The van der Waals surface area contributed by atoms with Crippen LogP contribution < -0.4 is 5.32 Å². The smallest absolute Gasteiger partial charge is 0.152 e. The van der Waals surface area contributed by atoms with E-state index in [9.17, 15) is 5.11 Å². The fourth-order valence-corrected chi connectivity index (χ4v) is 2.38. The molecule has 0 aliphatic rings. The maximum atomic E-state index is 9.52. The molecule has 0 spiro atoms. The summed E-state index contributed by atoms with van der Waals surface area (Å²) in [5.74, 6) is -0.0985. The van der Waals surface area contributed by atoms with Crippen molar-refractivity contribution in [1.82, 2.24) is 0 Å². The number of ether oxygens (including phenoxy) is 1. The molecule has 0 aliphatic carbocycles. The highest BCUT2D eigenvalue weighted by molar-refractivity contribution is 6.37. The predicted octanol–water partition coefficient (Wildman–Crippen LogP) is 4.46. The van der Waals surface area contributed by atoms with E-state index in [2.05, 4.69) is 5.32 Å². The molecule has 0 radical (unpaired) electrons. The van der Waals surface area contributed by atoms with Gasteiger partial charge in [-0.1, -0.05) is 47.5 Å². The molecular weight excluding hydrogens is 297 g/mol.